The van der Waals surface area contributed by atoms with Crippen LogP contribution in [-0.4, -0.2) is 38.7 Å². The van der Waals surface area contributed by atoms with Crippen LogP contribution in [0.2, 0.25) is 0 Å². The standard InChI is InChI=1S/C21H19BrF2N4O4/c1-12-27-20(32-11-14-2-4-15(23)8-17(14)24)18(22)21(31)28(12)10-16-5-3-13(9-26-16)19(30)25-6-7-29/h2-5,8-9,29H,6-7,10-11H2,1H3,(H,25,30). The minimum absolute atomic E-state index is 0.0173. The zero-order valence-electron chi connectivity index (χ0n) is 16.9. The fourth-order valence-corrected chi connectivity index (χ4v) is 3.18. The van der Waals surface area contributed by atoms with Gasteiger partial charge in [-0.3, -0.25) is 19.1 Å². The van der Waals surface area contributed by atoms with E-state index in [0.29, 0.717) is 17.1 Å². The summed E-state index contributed by atoms with van der Waals surface area (Å²) >= 11 is 3.17. The van der Waals surface area contributed by atoms with Crippen LogP contribution in [0.5, 0.6) is 5.88 Å². The van der Waals surface area contributed by atoms with Crippen molar-refractivity contribution in [1.29, 1.82) is 0 Å². The third kappa shape index (κ3) is 5.54. The number of ether oxygens (including phenoxy) is 1. The Morgan fingerprint density at radius 3 is 2.72 bits per heavy atom. The maximum Gasteiger partial charge on any atom is 0.272 e. The fourth-order valence-electron chi connectivity index (χ4n) is 2.77. The number of amides is 1. The number of aromatic nitrogens is 3. The molecule has 0 bridgehead atoms. The van der Waals surface area contributed by atoms with E-state index in [9.17, 15) is 18.4 Å². The van der Waals surface area contributed by atoms with Gasteiger partial charge in [-0.2, -0.15) is 4.98 Å². The van der Waals surface area contributed by atoms with E-state index >= 15 is 0 Å². The first-order chi connectivity index (χ1) is 15.3. The first-order valence-corrected chi connectivity index (χ1v) is 10.3. The molecule has 0 spiro atoms. The van der Waals surface area contributed by atoms with Gasteiger partial charge in [0, 0.05) is 24.4 Å². The van der Waals surface area contributed by atoms with Crippen LogP contribution in [0.25, 0.3) is 0 Å². The highest BCUT2D eigenvalue weighted by Crippen LogP contribution is 2.21. The molecule has 0 aliphatic rings. The van der Waals surface area contributed by atoms with Crippen molar-refractivity contribution in [3.63, 3.8) is 0 Å². The average Bonchev–Trinajstić information content (AvgIpc) is 2.78. The minimum Gasteiger partial charge on any atom is -0.472 e. The Bertz CT molecular complexity index is 1190. The summed E-state index contributed by atoms with van der Waals surface area (Å²) in [6.45, 7) is 1.44. The van der Waals surface area contributed by atoms with Crippen molar-refractivity contribution in [2.45, 2.75) is 20.1 Å². The van der Waals surface area contributed by atoms with Gasteiger partial charge in [0.25, 0.3) is 11.5 Å². The molecule has 0 aliphatic heterocycles. The van der Waals surface area contributed by atoms with Gasteiger partial charge in [0.2, 0.25) is 5.88 Å². The largest absolute Gasteiger partial charge is 0.472 e. The van der Waals surface area contributed by atoms with Crippen molar-refractivity contribution in [3.8, 4) is 5.88 Å². The molecule has 168 valence electrons. The Kier molecular flexibility index (Phi) is 7.65. The lowest BCUT2D eigenvalue weighted by Gasteiger charge is -2.13. The van der Waals surface area contributed by atoms with Gasteiger partial charge in [-0.15, -0.1) is 0 Å². The number of aliphatic hydroxyl groups excluding tert-OH is 1. The molecule has 3 rings (SSSR count). The van der Waals surface area contributed by atoms with E-state index in [0.717, 1.165) is 12.1 Å². The van der Waals surface area contributed by atoms with Crippen LogP contribution < -0.4 is 15.6 Å². The molecule has 0 atom stereocenters. The molecule has 0 fully saturated rings. The number of pyridine rings is 1. The molecule has 2 heterocycles. The number of hydrogen-bond acceptors (Lipinski definition) is 6. The van der Waals surface area contributed by atoms with Gasteiger partial charge in [-0.05, 0) is 47.1 Å². The zero-order chi connectivity index (χ0) is 23.3. The highest BCUT2D eigenvalue weighted by molar-refractivity contribution is 9.10. The van der Waals surface area contributed by atoms with Crippen molar-refractivity contribution in [2.75, 3.05) is 13.2 Å². The second-order valence-electron chi connectivity index (χ2n) is 6.71. The van der Waals surface area contributed by atoms with Crippen LogP contribution in [0.15, 0.2) is 45.8 Å². The minimum atomic E-state index is -0.759. The van der Waals surface area contributed by atoms with Crippen LogP contribution in [0.1, 0.15) is 27.4 Å². The number of aliphatic hydroxyl groups is 1. The molecule has 32 heavy (non-hydrogen) atoms. The van der Waals surface area contributed by atoms with Gasteiger partial charge in [0.05, 0.1) is 24.4 Å². The number of carbonyl (C=O) groups excluding carboxylic acids is 1. The molecule has 0 aliphatic carbocycles. The van der Waals surface area contributed by atoms with E-state index in [4.69, 9.17) is 9.84 Å². The highest BCUT2D eigenvalue weighted by atomic mass is 79.9. The Labute approximate surface area is 190 Å². The Hall–Kier alpha value is -3.18. The quantitative estimate of drug-likeness (QED) is 0.483. The second-order valence-corrected chi connectivity index (χ2v) is 7.50. The summed E-state index contributed by atoms with van der Waals surface area (Å²) in [5, 5.41) is 11.3. The second kappa shape index (κ2) is 10.4. The normalized spacial score (nSPS) is 10.8. The topological polar surface area (TPSA) is 106 Å². The van der Waals surface area contributed by atoms with E-state index in [1.165, 1.54) is 16.8 Å². The summed E-state index contributed by atoms with van der Waals surface area (Å²) < 4.78 is 33.7. The van der Waals surface area contributed by atoms with Gasteiger partial charge >= 0.3 is 0 Å². The number of benzene rings is 1. The van der Waals surface area contributed by atoms with Gasteiger partial charge in [-0.25, -0.2) is 8.78 Å². The first-order valence-electron chi connectivity index (χ1n) is 9.47. The molecular formula is C21H19BrF2N4O4. The van der Waals surface area contributed by atoms with E-state index in [2.05, 4.69) is 31.2 Å². The molecule has 1 aromatic carbocycles. The SMILES string of the molecule is Cc1nc(OCc2ccc(F)cc2F)c(Br)c(=O)n1Cc1ccc(C(=O)NCCO)cn1. The third-order valence-electron chi connectivity index (χ3n) is 4.46. The predicted molar refractivity (Wildman–Crippen MR) is 114 cm³/mol. The number of carbonyl (C=O) groups is 1. The number of hydrogen-bond donors (Lipinski definition) is 2. The maximum absolute atomic E-state index is 13.8. The summed E-state index contributed by atoms with van der Waals surface area (Å²) in [6.07, 6.45) is 1.37. The molecule has 1 amide bonds. The molecule has 3 aromatic rings. The molecule has 0 radical (unpaired) electrons. The van der Waals surface area contributed by atoms with E-state index in [-0.39, 0.29) is 48.1 Å². The first kappa shape index (κ1) is 23.5. The average molecular weight is 509 g/mol. The summed E-state index contributed by atoms with van der Waals surface area (Å²) in [5.74, 6) is -1.51. The van der Waals surface area contributed by atoms with Gasteiger partial charge in [0.1, 0.15) is 28.5 Å². The lowest BCUT2D eigenvalue weighted by Crippen LogP contribution is -2.27. The highest BCUT2D eigenvalue weighted by Gasteiger charge is 2.16. The smallest absolute Gasteiger partial charge is 0.272 e. The molecule has 2 aromatic heterocycles. The van der Waals surface area contributed by atoms with Crippen LogP contribution in [0.3, 0.4) is 0 Å². The summed E-state index contributed by atoms with van der Waals surface area (Å²) in [5.41, 5.74) is 0.528. The number of nitrogens with zero attached hydrogens (tertiary/aromatic N) is 3. The summed E-state index contributed by atoms with van der Waals surface area (Å²) in [7, 11) is 0. The zero-order valence-corrected chi connectivity index (χ0v) is 18.5. The maximum atomic E-state index is 13.8. The molecule has 0 saturated carbocycles. The molecular weight excluding hydrogens is 490 g/mol. The Morgan fingerprint density at radius 1 is 1.28 bits per heavy atom. The molecule has 2 N–H and O–H groups in total. The summed E-state index contributed by atoms with van der Waals surface area (Å²) in [6, 6.07) is 6.29. The van der Waals surface area contributed by atoms with E-state index in [1.54, 1.807) is 19.1 Å². The third-order valence-corrected chi connectivity index (χ3v) is 5.14. The van der Waals surface area contributed by atoms with Crippen LogP contribution in [0, 0.1) is 18.6 Å². The Morgan fingerprint density at radius 2 is 2.06 bits per heavy atom. The van der Waals surface area contributed by atoms with Crippen LogP contribution >= 0.6 is 15.9 Å². The predicted octanol–water partition coefficient (Wildman–Crippen LogP) is 2.34. The monoisotopic (exact) mass is 508 g/mol. The lowest BCUT2D eigenvalue weighted by atomic mass is 10.2. The van der Waals surface area contributed by atoms with Crippen molar-refractivity contribution < 1.29 is 23.4 Å². The van der Waals surface area contributed by atoms with Crippen molar-refractivity contribution >= 4 is 21.8 Å². The molecule has 11 heteroatoms. The number of aryl methyl sites for hydroxylation is 1. The van der Waals surface area contributed by atoms with E-state index < -0.39 is 17.2 Å². The van der Waals surface area contributed by atoms with Crippen molar-refractivity contribution in [3.05, 3.63) is 85.6 Å². The lowest BCUT2D eigenvalue weighted by molar-refractivity contribution is 0.0944. The summed E-state index contributed by atoms with van der Waals surface area (Å²) in [4.78, 5) is 33.1. The van der Waals surface area contributed by atoms with E-state index in [1.807, 2.05) is 0 Å². The number of halogens is 3. The van der Waals surface area contributed by atoms with Crippen LogP contribution in [-0.2, 0) is 13.2 Å². The van der Waals surface area contributed by atoms with Gasteiger partial charge < -0.3 is 15.2 Å². The molecule has 0 unspecified atom stereocenters. The van der Waals surface area contributed by atoms with Gasteiger partial charge in [0.15, 0.2) is 0 Å². The van der Waals surface area contributed by atoms with Gasteiger partial charge in [-0.1, -0.05) is 0 Å². The number of nitrogens with one attached hydrogen (secondary N) is 1. The molecule has 0 saturated heterocycles. The van der Waals surface area contributed by atoms with Crippen molar-refractivity contribution in [1.82, 2.24) is 19.9 Å². The molecule has 8 nitrogen and oxygen atoms in total. The van der Waals surface area contributed by atoms with Crippen LogP contribution in [0.4, 0.5) is 8.78 Å². The fraction of sp³-hybridized carbons (Fsp3) is 0.238. The Balaban J connectivity index is 1.75. The number of rotatable bonds is 8. The van der Waals surface area contributed by atoms with Crippen molar-refractivity contribution in [2.24, 2.45) is 0 Å².